The van der Waals surface area contributed by atoms with Gasteiger partial charge in [0.1, 0.15) is 0 Å². The topological polar surface area (TPSA) is 67.8 Å². The maximum Gasteiger partial charge on any atom is 0.243 e. The highest BCUT2D eigenvalue weighted by Crippen LogP contribution is 2.27. The molecule has 0 saturated heterocycles. The molecule has 1 atom stereocenters. The van der Waals surface area contributed by atoms with Gasteiger partial charge in [0.05, 0.1) is 20.3 Å². The zero-order valence-electron chi connectivity index (χ0n) is 13.2. The van der Waals surface area contributed by atoms with Gasteiger partial charge in [0.25, 0.3) is 0 Å². The van der Waals surface area contributed by atoms with Crippen molar-refractivity contribution >= 4 is 5.91 Å². The van der Waals surface area contributed by atoms with Crippen molar-refractivity contribution in [3.8, 4) is 11.5 Å². The first kappa shape index (κ1) is 17.8. The Labute approximate surface area is 131 Å². The second kappa shape index (κ2) is 9.63. The van der Waals surface area contributed by atoms with Gasteiger partial charge in [-0.05, 0) is 24.6 Å². The van der Waals surface area contributed by atoms with Crippen LogP contribution in [0.15, 0.2) is 42.5 Å². The fraction of sp³-hybridized carbons (Fsp3) is 0.353. The van der Waals surface area contributed by atoms with E-state index in [1.54, 1.807) is 38.5 Å². The number of carbonyl (C=O) groups is 1. The molecule has 0 fully saturated rings. The zero-order chi connectivity index (χ0) is 16.4. The number of nitrogens with one attached hydrogen (secondary N) is 1. The number of amides is 1. The highest BCUT2D eigenvalue weighted by Gasteiger charge is 2.07. The van der Waals surface area contributed by atoms with Crippen LogP contribution in [0.4, 0.5) is 0 Å². The van der Waals surface area contributed by atoms with E-state index < -0.39 is 6.10 Å². The number of hydrogen-bond donors (Lipinski definition) is 2. The highest BCUT2D eigenvalue weighted by molar-refractivity contribution is 5.87. The molecule has 2 N–H and O–H groups in total. The van der Waals surface area contributed by atoms with E-state index >= 15 is 0 Å². The van der Waals surface area contributed by atoms with Gasteiger partial charge < -0.3 is 19.9 Å². The Morgan fingerprint density at radius 3 is 2.64 bits per heavy atom. The summed E-state index contributed by atoms with van der Waals surface area (Å²) in [5.74, 6) is 1.13. The molecule has 1 aromatic rings. The Morgan fingerprint density at radius 1 is 1.27 bits per heavy atom. The molecule has 1 rings (SSSR count). The zero-order valence-corrected chi connectivity index (χ0v) is 13.2. The van der Waals surface area contributed by atoms with Crippen molar-refractivity contribution in [1.29, 1.82) is 0 Å². The summed E-state index contributed by atoms with van der Waals surface area (Å²) in [5.41, 5.74) is 0.933. The van der Waals surface area contributed by atoms with Crippen molar-refractivity contribution in [2.75, 3.05) is 20.8 Å². The molecule has 0 unspecified atom stereocenters. The maximum atomic E-state index is 11.2. The number of aliphatic hydroxyl groups excluding tert-OH is 1. The molecule has 0 heterocycles. The summed E-state index contributed by atoms with van der Waals surface area (Å²) < 4.78 is 10.4. The van der Waals surface area contributed by atoms with E-state index in [-0.39, 0.29) is 5.91 Å². The molecule has 0 bridgehead atoms. The van der Waals surface area contributed by atoms with Crippen LogP contribution in [-0.2, 0) is 11.2 Å². The minimum Gasteiger partial charge on any atom is -0.493 e. The summed E-state index contributed by atoms with van der Waals surface area (Å²) in [6.07, 6.45) is 6.11. The second-order valence-corrected chi connectivity index (χ2v) is 4.60. The average Bonchev–Trinajstić information content (AvgIpc) is 2.51. The summed E-state index contributed by atoms with van der Waals surface area (Å²) >= 11 is 0. The van der Waals surface area contributed by atoms with Crippen molar-refractivity contribution in [2.24, 2.45) is 0 Å². The van der Waals surface area contributed by atoms with Crippen molar-refractivity contribution in [3.05, 3.63) is 48.1 Å². The van der Waals surface area contributed by atoms with Gasteiger partial charge in [0, 0.05) is 19.0 Å². The van der Waals surface area contributed by atoms with E-state index in [1.807, 2.05) is 19.1 Å². The van der Waals surface area contributed by atoms with E-state index in [0.29, 0.717) is 24.5 Å². The largest absolute Gasteiger partial charge is 0.493 e. The molecule has 0 radical (unpaired) electrons. The Kier molecular flexibility index (Phi) is 7.78. The van der Waals surface area contributed by atoms with Gasteiger partial charge in [0.15, 0.2) is 11.5 Å². The number of aliphatic hydroxyl groups is 1. The van der Waals surface area contributed by atoms with Crippen molar-refractivity contribution < 1.29 is 19.4 Å². The molecule has 22 heavy (non-hydrogen) atoms. The van der Waals surface area contributed by atoms with E-state index in [4.69, 9.17) is 9.47 Å². The normalized spacial score (nSPS) is 12.5. The standard InChI is InChI=1S/C17H23NO4/c1-4-18-17(20)8-6-5-7-14(19)11-13-9-10-15(21-2)16(12-13)22-3/h5-10,12,14,19H,4,11H2,1-3H3,(H,18,20)/t14-/m0/s1. The van der Waals surface area contributed by atoms with Crippen molar-refractivity contribution in [1.82, 2.24) is 5.32 Å². The lowest BCUT2D eigenvalue weighted by Crippen LogP contribution is -2.19. The molecular formula is C17H23NO4. The monoisotopic (exact) mass is 305 g/mol. The van der Waals surface area contributed by atoms with Crippen LogP contribution >= 0.6 is 0 Å². The number of methoxy groups -OCH3 is 2. The first-order chi connectivity index (χ1) is 10.6. The summed E-state index contributed by atoms with van der Waals surface area (Å²) in [6.45, 7) is 2.45. The molecule has 0 saturated carbocycles. The number of allylic oxidation sites excluding steroid dienone is 2. The summed E-state index contributed by atoms with van der Waals surface area (Å²) in [4.78, 5) is 11.2. The van der Waals surface area contributed by atoms with Crippen LogP contribution in [0.5, 0.6) is 11.5 Å². The van der Waals surface area contributed by atoms with Crippen molar-refractivity contribution in [3.63, 3.8) is 0 Å². The Bertz CT molecular complexity index is 537. The van der Waals surface area contributed by atoms with Crippen LogP contribution in [0.3, 0.4) is 0 Å². The van der Waals surface area contributed by atoms with Crippen LogP contribution in [0.2, 0.25) is 0 Å². The number of hydrogen-bond acceptors (Lipinski definition) is 4. The molecule has 1 aromatic carbocycles. The van der Waals surface area contributed by atoms with Gasteiger partial charge in [-0.1, -0.05) is 24.3 Å². The highest BCUT2D eigenvalue weighted by atomic mass is 16.5. The second-order valence-electron chi connectivity index (χ2n) is 4.60. The van der Waals surface area contributed by atoms with Gasteiger partial charge in [-0.3, -0.25) is 4.79 Å². The summed E-state index contributed by atoms with van der Waals surface area (Å²) in [7, 11) is 3.15. The third-order valence-electron chi connectivity index (χ3n) is 2.94. The fourth-order valence-electron chi connectivity index (χ4n) is 1.89. The first-order valence-corrected chi connectivity index (χ1v) is 7.12. The Morgan fingerprint density at radius 2 is 2.00 bits per heavy atom. The number of carbonyl (C=O) groups excluding carboxylic acids is 1. The molecule has 120 valence electrons. The summed E-state index contributed by atoms with van der Waals surface area (Å²) in [6, 6.07) is 5.52. The number of ether oxygens (including phenoxy) is 2. The van der Waals surface area contributed by atoms with E-state index in [9.17, 15) is 9.90 Å². The lowest BCUT2D eigenvalue weighted by Gasteiger charge is -2.10. The molecule has 0 spiro atoms. The molecular weight excluding hydrogens is 282 g/mol. The lowest BCUT2D eigenvalue weighted by molar-refractivity contribution is -0.116. The Hall–Kier alpha value is -2.27. The minimum absolute atomic E-state index is 0.151. The van der Waals surface area contributed by atoms with E-state index in [2.05, 4.69) is 5.32 Å². The van der Waals surface area contributed by atoms with Gasteiger partial charge >= 0.3 is 0 Å². The van der Waals surface area contributed by atoms with Gasteiger partial charge in [-0.2, -0.15) is 0 Å². The molecule has 1 amide bonds. The molecule has 0 aliphatic carbocycles. The van der Waals surface area contributed by atoms with Crippen LogP contribution in [0.1, 0.15) is 12.5 Å². The fourth-order valence-corrected chi connectivity index (χ4v) is 1.89. The number of benzene rings is 1. The Balaban J connectivity index is 2.58. The number of likely N-dealkylation sites (N-methyl/N-ethyl adjacent to an activating group) is 1. The quantitative estimate of drug-likeness (QED) is 0.568. The number of rotatable bonds is 8. The van der Waals surface area contributed by atoms with Gasteiger partial charge in [-0.25, -0.2) is 0 Å². The minimum atomic E-state index is -0.642. The van der Waals surface area contributed by atoms with E-state index in [0.717, 1.165) is 5.56 Å². The van der Waals surface area contributed by atoms with Crippen LogP contribution < -0.4 is 14.8 Å². The van der Waals surface area contributed by atoms with Crippen LogP contribution in [0, 0.1) is 0 Å². The predicted molar refractivity (Wildman–Crippen MR) is 86.2 cm³/mol. The smallest absolute Gasteiger partial charge is 0.243 e. The molecule has 5 nitrogen and oxygen atoms in total. The van der Waals surface area contributed by atoms with Gasteiger partial charge in [-0.15, -0.1) is 0 Å². The first-order valence-electron chi connectivity index (χ1n) is 7.12. The van der Waals surface area contributed by atoms with E-state index in [1.165, 1.54) is 6.08 Å². The third-order valence-corrected chi connectivity index (χ3v) is 2.94. The molecule has 0 aromatic heterocycles. The molecule has 0 aliphatic heterocycles. The molecule has 5 heteroatoms. The molecule has 0 aliphatic rings. The average molecular weight is 305 g/mol. The lowest BCUT2D eigenvalue weighted by atomic mass is 10.1. The van der Waals surface area contributed by atoms with Crippen LogP contribution in [0.25, 0.3) is 0 Å². The predicted octanol–water partition coefficient (Wildman–Crippen LogP) is 1.86. The maximum absolute atomic E-state index is 11.2. The van der Waals surface area contributed by atoms with Gasteiger partial charge in [0.2, 0.25) is 5.91 Å². The third kappa shape index (κ3) is 6.01. The summed E-state index contributed by atoms with van der Waals surface area (Å²) in [5, 5.41) is 12.6. The van der Waals surface area contributed by atoms with Crippen molar-refractivity contribution in [2.45, 2.75) is 19.4 Å². The van der Waals surface area contributed by atoms with Crippen LogP contribution in [-0.4, -0.2) is 37.9 Å². The SMILES string of the molecule is CCNC(=O)C=CC=C[C@H](O)Cc1ccc(OC)c(OC)c1.